The number of methoxy groups -OCH3 is 1. The molecule has 9 heteroatoms. The molecule has 166 valence electrons. The lowest BCUT2D eigenvalue weighted by Gasteiger charge is -2.22. The quantitative estimate of drug-likeness (QED) is 0.604. The number of anilines is 1. The third-order valence-electron chi connectivity index (χ3n) is 5.16. The van der Waals surface area contributed by atoms with E-state index in [1.807, 2.05) is 0 Å². The van der Waals surface area contributed by atoms with Gasteiger partial charge in [-0.05, 0) is 48.7 Å². The van der Waals surface area contributed by atoms with Gasteiger partial charge in [0.05, 0.1) is 28.8 Å². The molecular weight excluding hydrogens is 420 g/mol. The average Bonchev–Trinajstić information content (AvgIpc) is 3.31. The minimum Gasteiger partial charge on any atom is -0.465 e. The predicted molar refractivity (Wildman–Crippen MR) is 116 cm³/mol. The first kappa shape index (κ1) is 22.8. The normalized spacial score (nSPS) is 14.0. The van der Waals surface area contributed by atoms with E-state index in [0.717, 1.165) is 30.2 Å². The molecular formula is C22H26N2O6S. The number of hydrogen-bond donors (Lipinski definition) is 0. The molecule has 3 rings (SSSR count). The largest absolute Gasteiger partial charge is 0.465 e. The molecule has 0 radical (unpaired) electrons. The summed E-state index contributed by atoms with van der Waals surface area (Å²) < 4.78 is 36.4. The lowest BCUT2D eigenvalue weighted by Crippen LogP contribution is -2.24. The monoisotopic (exact) mass is 446 g/mol. The van der Waals surface area contributed by atoms with Crippen LogP contribution in [0.1, 0.15) is 39.1 Å². The van der Waals surface area contributed by atoms with Crippen molar-refractivity contribution in [3.63, 3.8) is 0 Å². The van der Waals surface area contributed by atoms with Crippen LogP contribution in [0.3, 0.4) is 0 Å². The second-order valence-corrected chi connectivity index (χ2v) is 9.58. The molecule has 0 N–H and O–H groups in total. The Morgan fingerprint density at radius 3 is 2.23 bits per heavy atom. The van der Waals surface area contributed by atoms with Gasteiger partial charge in [-0.25, -0.2) is 22.3 Å². The van der Waals surface area contributed by atoms with Gasteiger partial charge in [-0.3, -0.25) is 0 Å². The molecule has 1 heterocycles. The number of hydrogen-bond acceptors (Lipinski definition) is 7. The van der Waals surface area contributed by atoms with Crippen LogP contribution in [0.5, 0.6) is 0 Å². The van der Waals surface area contributed by atoms with Gasteiger partial charge in [0.15, 0.2) is 0 Å². The maximum atomic E-state index is 12.9. The lowest BCUT2D eigenvalue weighted by atomic mass is 10.1. The summed E-state index contributed by atoms with van der Waals surface area (Å²) in [5, 5.41) is 0. The zero-order valence-corrected chi connectivity index (χ0v) is 18.6. The van der Waals surface area contributed by atoms with Gasteiger partial charge in [-0.1, -0.05) is 12.1 Å². The van der Waals surface area contributed by atoms with Crippen LogP contribution in [0.15, 0.2) is 47.4 Å². The Bertz CT molecular complexity index is 1060. The Balaban J connectivity index is 1.84. The highest BCUT2D eigenvalue weighted by Crippen LogP contribution is 2.29. The Labute approximate surface area is 182 Å². The third-order valence-corrected chi connectivity index (χ3v) is 6.97. The summed E-state index contributed by atoms with van der Waals surface area (Å²) in [6.07, 6.45) is 2.03. The standard InChI is InChI=1S/C22H26N2O6S/c1-23(2)31(27,28)18-10-11-20(24-12-4-5-13-24)19(14-18)22(26)30-15-16-6-8-17(9-7-16)21(25)29-3/h6-11,14H,4-5,12-13,15H2,1-3H3. The van der Waals surface area contributed by atoms with Crippen LogP contribution < -0.4 is 4.90 Å². The highest BCUT2D eigenvalue weighted by Gasteiger charge is 2.25. The van der Waals surface area contributed by atoms with Crippen LogP contribution >= 0.6 is 0 Å². The van der Waals surface area contributed by atoms with E-state index in [4.69, 9.17) is 4.74 Å². The number of sulfonamides is 1. The summed E-state index contributed by atoms with van der Waals surface area (Å²) in [6, 6.07) is 11.1. The molecule has 2 aromatic carbocycles. The molecule has 0 bridgehead atoms. The number of esters is 2. The smallest absolute Gasteiger partial charge is 0.340 e. The summed E-state index contributed by atoms with van der Waals surface area (Å²) in [6.45, 7) is 1.59. The fourth-order valence-electron chi connectivity index (χ4n) is 3.37. The van der Waals surface area contributed by atoms with E-state index in [1.165, 1.54) is 33.3 Å². The van der Waals surface area contributed by atoms with E-state index in [1.54, 1.807) is 30.3 Å². The predicted octanol–water partition coefficient (Wildman–Crippen LogP) is 2.68. The number of carbonyl (C=O) groups is 2. The van der Waals surface area contributed by atoms with Gasteiger partial charge in [0.2, 0.25) is 10.0 Å². The summed E-state index contributed by atoms with van der Waals surface area (Å²) >= 11 is 0. The van der Waals surface area contributed by atoms with Crippen LogP contribution in [-0.2, 0) is 26.1 Å². The van der Waals surface area contributed by atoms with Crippen molar-refractivity contribution < 1.29 is 27.5 Å². The molecule has 1 aliphatic rings. The first-order valence-corrected chi connectivity index (χ1v) is 11.3. The van der Waals surface area contributed by atoms with E-state index in [0.29, 0.717) is 16.8 Å². The highest BCUT2D eigenvalue weighted by molar-refractivity contribution is 7.89. The van der Waals surface area contributed by atoms with Crippen molar-refractivity contribution in [2.45, 2.75) is 24.3 Å². The SMILES string of the molecule is COC(=O)c1ccc(COC(=O)c2cc(S(=O)(=O)N(C)C)ccc2N2CCCC2)cc1. The van der Waals surface area contributed by atoms with E-state index < -0.39 is 22.0 Å². The third kappa shape index (κ3) is 5.05. The second kappa shape index (κ2) is 9.49. The topological polar surface area (TPSA) is 93.2 Å². The molecule has 0 spiro atoms. The first-order valence-electron chi connectivity index (χ1n) is 9.90. The van der Waals surface area contributed by atoms with Crippen LogP contribution in [0.4, 0.5) is 5.69 Å². The van der Waals surface area contributed by atoms with Crippen molar-refractivity contribution >= 4 is 27.6 Å². The molecule has 0 atom stereocenters. The Morgan fingerprint density at radius 2 is 1.65 bits per heavy atom. The molecule has 0 saturated carbocycles. The fraction of sp³-hybridized carbons (Fsp3) is 0.364. The Kier molecular flexibility index (Phi) is 6.97. The van der Waals surface area contributed by atoms with Gasteiger partial charge in [0.25, 0.3) is 0 Å². The second-order valence-electron chi connectivity index (χ2n) is 7.43. The van der Waals surface area contributed by atoms with Gasteiger partial charge in [-0.2, -0.15) is 0 Å². The highest BCUT2D eigenvalue weighted by atomic mass is 32.2. The van der Waals surface area contributed by atoms with E-state index in [9.17, 15) is 18.0 Å². The molecule has 31 heavy (non-hydrogen) atoms. The number of nitrogens with zero attached hydrogens (tertiary/aromatic N) is 2. The van der Waals surface area contributed by atoms with Crippen molar-refractivity contribution in [2.75, 3.05) is 39.2 Å². The number of benzene rings is 2. The molecule has 2 aromatic rings. The van der Waals surface area contributed by atoms with Gasteiger partial charge in [0, 0.05) is 27.2 Å². The molecule has 1 saturated heterocycles. The number of carbonyl (C=O) groups excluding carboxylic acids is 2. The number of rotatable bonds is 7. The lowest BCUT2D eigenvalue weighted by molar-refractivity contribution is 0.0472. The molecule has 0 aliphatic carbocycles. The van der Waals surface area contributed by atoms with Crippen molar-refractivity contribution in [1.29, 1.82) is 0 Å². The van der Waals surface area contributed by atoms with Gasteiger partial charge < -0.3 is 14.4 Å². The van der Waals surface area contributed by atoms with Gasteiger partial charge in [-0.15, -0.1) is 0 Å². The van der Waals surface area contributed by atoms with E-state index >= 15 is 0 Å². The number of ether oxygens (including phenoxy) is 2. The van der Waals surface area contributed by atoms with Crippen LogP contribution in [0, 0.1) is 0 Å². The van der Waals surface area contributed by atoms with Crippen molar-refractivity contribution in [1.82, 2.24) is 4.31 Å². The minimum atomic E-state index is -3.69. The van der Waals surface area contributed by atoms with Crippen LogP contribution in [-0.4, -0.2) is 59.0 Å². The molecule has 1 fully saturated rings. The van der Waals surface area contributed by atoms with Crippen LogP contribution in [0.2, 0.25) is 0 Å². The summed E-state index contributed by atoms with van der Waals surface area (Å²) in [5.74, 6) is -1.05. The van der Waals surface area contributed by atoms with Gasteiger partial charge in [0.1, 0.15) is 6.61 Å². The van der Waals surface area contributed by atoms with E-state index in [-0.39, 0.29) is 17.1 Å². The molecule has 8 nitrogen and oxygen atoms in total. The summed E-state index contributed by atoms with van der Waals surface area (Å²) in [5.41, 5.74) is 1.98. The van der Waals surface area contributed by atoms with E-state index in [2.05, 4.69) is 9.64 Å². The Hall–Kier alpha value is -2.91. The maximum absolute atomic E-state index is 12.9. The maximum Gasteiger partial charge on any atom is 0.340 e. The average molecular weight is 447 g/mol. The zero-order chi connectivity index (χ0) is 22.6. The van der Waals surface area contributed by atoms with Gasteiger partial charge >= 0.3 is 11.9 Å². The minimum absolute atomic E-state index is 0.00954. The van der Waals surface area contributed by atoms with Crippen molar-refractivity contribution in [2.24, 2.45) is 0 Å². The molecule has 0 amide bonds. The van der Waals surface area contributed by atoms with Crippen molar-refractivity contribution in [3.8, 4) is 0 Å². The molecule has 0 unspecified atom stereocenters. The summed E-state index contributed by atoms with van der Waals surface area (Å²) in [7, 11) is 0.502. The zero-order valence-electron chi connectivity index (χ0n) is 17.8. The molecule has 0 aromatic heterocycles. The fourth-order valence-corrected chi connectivity index (χ4v) is 4.29. The van der Waals surface area contributed by atoms with Crippen molar-refractivity contribution in [3.05, 3.63) is 59.2 Å². The van der Waals surface area contributed by atoms with Crippen LogP contribution in [0.25, 0.3) is 0 Å². The summed E-state index contributed by atoms with van der Waals surface area (Å²) in [4.78, 5) is 26.6. The first-order chi connectivity index (χ1) is 14.7. The molecule has 1 aliphatic heterocycles. The Morgan fingerprint density at radius 1 is 1.00 bits per heavy atom.